The zero-order chi connectivity index (χ0) is 14.5. The van der Waals surface area contributed by atoms with Crippen LogP contribution in [0.1, 0.15) is 44.6 Å². The molecule has 1 aromatic carbocycles. The quantitative estimate of drug-likeness (QED) is 0.854. The van der Waals surface area contributed by atoms with E-state index in [-0.39, 0.29) is 0 Å². The first-order valence-corrected chi connectivity index (χ1v) is 8.02. The highest BCUT2D eigenvalue weighted by molar-refractivity contribution is 9.10. The number of halogens is 1. The summed E-state index contributed by atoms with van der Waals surface area (Å²) in [5.41, 5.74) is 2.50. The van der Waals surface area contributed by atoms with Crippen molar-refractivity contribution in [2.24, 2.45) is 0 Å². The van der Waals surface area contributed by atoms with Crippen molar-refractivity contribution in [3.8, 4) is 5.69 Å². The highest BCUT2D eigenvalue weighted by Gasteiger charge is 2.13. The van der Waals surface area contributed by atoms with E-state index in [2.05, 4.69) is 69.8 Å². The highest BCUT2D eigenvalue weighted by atomic mass is 79.9. The fraction of sp³-hybridized carbons (Fsp3) is 0.438. The summed E-state index contributed by atoms with van der Waals surface area (Å²) in [4.78, 5) is 4.43. The average molecular weight is 336 g/mol. The molecule has 3 nitrogen and oxygen atoms in total. The van der Waals surface area contributed by atoms with Gasteiger partial charge in [0.2, 0.25) is 0 Å². The predicted molar refractivity (Wildman–Crippen MR) is 87.4 cm³/mol. The first-order chi connectivity index (χ1) is 9.67. The number of benzene rings is 1. The van der Waals surface area contributed by atoms with Crippen molar-refractivity contribution < 1.29 is 0 Å². The van der Waals surface area contributed by atoms with Crippen LogP contribution in [-0.2, 0) is 6.42 Å². The summed E-state index contributed by atoms with van der Waals surface area (Å²) in [6.07, 6.45) is 5.97. The van der Waals surface area contributed by atoms with Crippen molar-refractivity contribution in [1.82, 2.24) is 14.9 Å². The van der Waals surface area contributed by atoms with Crippen molar-refractivity contribution in [1.29, 1.82) is 0 Å². The molecule has 2 rings (SSSR count). The summed E-state index contributed by atoms with van der Waals surface area (Å²) in [6, 6.07) is 6.78. The molecular formula is C16H22BrN3. The molecule has 1 unspecified atom stereocenters. The molecule has 0 fully saturated rings. The summed E-state index contributed by atoms with van der Waals surface area (Å²) in [5.74, 6) is 1.09. The van der Waals surface area contributed by atoms with E-state index < -0.39 is 0 Å². The fourth-order valence-electron chi connectivity index (χ4n) is 2.38. The summed E-state index contributed by atoms with van der Waals surface area (Å²) < 4.78 is 3.28. The molecule has 0 amide bonds. The Bertz CT molecular complexity index is 563. The van der Waals surface area contributed by atoms with Crippen LogP contribution < -0.4 is 5.32 Å². The maximum atomic E-state index is 4.43. The molecule has 20 heavy (non-hydrogen) atoms. The first-order valence-electron chi connectivity index (χ1n) is 7.22. The van der Waals surface area contributed by atoms with Crippen molar-refractivity contribution >= 4 is 15.9 Å². The number of imidazole rings is 1. The highest BCUT2D eigenvalue weighted by Crippen LogP contribution is 2.26. The molecule has 0 aliphatic heterocycles. The molecular weight excluding hydrogens is 314 g/mol. The van der Waals surface area contributed by atoms with Crippen molar-refractivity contribution in [2.45, 2.75) is 39.7 Å². The predicted octanol–water partition coefficient (Wildman–Crippen LogP) is 4.26. The number of aromatic nitrogens is 2. The van der Waals surface area contributed by atoms with Crippen LogP contribution in [-0.4, -0.2) is 16.1 Å². The smallest absolute Gasteiger partial charge is 0.112 e. The Morgan fingerprint density at radius 2 is 2.15 bits per heavy atom. The van der Waals surface area contributed by atoms with Gasteiger partial charge in [0.05, 0.1) is 5.69 Å². The van der Waals surface area contributed by atoms with E-state index in [4.69, 9.17) is 0 Å². The van der Waals surface area contributed by atoms with E-state index in [1.807, 2.05) is 12.4 Å². The molecule has 1 heterocycles. The molecule has 0 bridgehead atoms. The zero-order valence-electron chi connectivity index (χ0n) is 12.4. The summed E-state index contributed by atoms with van der Waals surface area (Å²) in [7, 11) is 0. The molecule has 2 aromatic rings. The minimum Gasteiger partial charge on any atom is -0.310 e. The third-order valence-corrected chi connectivity index (χ3v) is 3.95. The van der Waals surface area contributed by atoms with Crippen LogP contribution in [0.5, 0.6) is 0 Å². The maximum Gasteiger partial charge on any atom is 0.112 e. The van der Waals surface area contributed by atoms with Gasteiger partial charge in [-0.2, -0.15) is 0 Å². The van der Waals surface area contributed by atoms with E-state index in [1.165, 1.54) is 11.3 Å². The van der Waals surface area contributed by atoms with E-state index in [0.29, 0.717) is 6.04 Å². The Morgan fingerprint density at radius 1 is 1.35 bits per heavy atom. The second-order valence-electron chi connectivity index (χ2n) is 4.95. The van der Waals surface area contributed by atoms with Gasteiger partial charge in [0.1, 0.15) is 5.82 Å². The van der Waals surface area contributed by atoms with Crippen LogP contribution in [0.15, 0.2) is 35.1 Å². The number of rotatable bonds is 6. The third-order valence-electron chi connectivity index (χ3n) is 3.45. The van der Waals surface area contributed by atoms with Gasteiger partial charge in [0.15, 0.2) is 0 Å². The Kier molecular flexibility index (Phi) is 5.38. The molecule has 0 saturated carbocycles. The Morgan fingerprint density at radius 3 is 2.85 bits per heavy atom. The summed E-state index contributed by atoms with van der Waals surface area (Å²) in [6.45, 7) is 7.56. The summed E-state index contributed by atoms with van der Waals surface area (Å²) in [5, 5.41) is 3.56. The van der Waals surface area contributed by atoms with Gasteiger partial charge < -0.3 is 9.88 Å². The van der Waals surface area contributed by atoms with E-state index >= 15 is 0 Å². The molecule has 1 aromatic heterocycles. The Hall–Kier alpha value is -1.13. The number of nitrogens with zero attached hydrogens (tertiary/aromatic N) is 2. The van der Waals surface area contributed by atoms with E-state index in [9.17, 15) is 0 Å². The Labute approximate surface area is 129 Å². The number of hydrogen-bond donors (Lipinski definition) is 1. The molecule has 1 N–H and O–H groups in total. The van der Waals surface area contributed by atoms with Crippen LogP contribution >= 0.6 is 15.9 Å². The first kappa shape index (κ1) is 15.3. The van der Waals surface area contributed by atoms with Crippen molar-refractivity contribution in [3.05, 3.63) is 46.5 Å². The minimum absolute atomic E-state index is 0.324. The monoisotopic (exact) mass is 335 g/mol. The summed E-state index contributed by atoms with van der Waals surface area (Å²) >= 11 is 3.58. The third kappa shape index (κ3) is 3.30. The SMILES string of the molecule is CCCNC(C)c1ccc(Br)cc1-n1ccnc1CC. The molecule has 0 radical (unpaired) electrons. The normalized spacial score (nSPS) is 12.6. The Balaban J connectivity index is 2.43. The molecule has 0 spiro atoms. The van der Waals surface area contributed by atoms with Gasteiger partial charge in [-0.3, -0.25) is 0 Å². The number of nitrogens with one attached hydrogen (secondary N) is 1. The van der Waals surface area contributed by atoms with Gasteiger partial charge in [-0.1, -0.05) is 35.8 Å². The van der Waals surface area contributed by atoms with Crippen LogP contribution in [0.2, 0.25) is 0 Å². The molecule has 4 heteroatoms. The van der Waals surface area contributed by atoms with Gasteiger partial charge >= 0.3 is 0 Å². The van der Waals surface area contributed by atoms with E-state index in [1.54, 1.807) is 0 Å². The van der Waals surface area contributed by atoms with Crippen LogP contribution in [0.25, 0.3) is 5.69 Å². The lowest BCUT2D eigenvalue weighted by atomic mass is 10.1. The van der Waals surface area contributed by atoms with Crippen LogP contribution in [0.3, 0.4) is 0 Å². The lowest BCUT2D eigenvalue weighted by molar-refractivity contribution is 0.568. The zero-order valence-corrected chi connectivity index (χ0v) is 13.9. The largest absolute Gasteiger partial charge is 0.310 e. The second kappa shape index (κ2) is 7.04. The molecule has 0 saturated heterocycles. The van der Waals surface area contributed by atoms with Gasteiger partial charge in [-0.15, -0.1) is 0 Å². The van der Waals surface area contributed by atoms with Gasteiger partial charge in [-0.05, 0) is 37.6 Å². The topological polar surface area (TPSA) is 29.9 Å². The van der Waals surface area contributed by atoms with Crippen molar-refractivity contribution in [2.75, 3.05) is 6.54 Å². The fourth-order valence-corrected chi connectivity index (χ4v) is 2.73. The minimum atomic E-state index is 0.324. The van der Waals surface area contributed by atoms with Gasteiger partial charge in [-0.25, -0.2) is 4.98 Å². The maximum absolute atomic E-state index is 4.43. The lowest BCUT2D eigenvalue weighted by Gasteiger charge is -2.19. The second-order valence-corrected chi connectivity index (χ2v) is 5.86. The lowest BCUT2D eigenvalue weighted by Crippen LogP contribution is -2.21. The van der Waals surface area contributed by atoms with Crippen LogP contribution in [0.4, 0.5) is 0 Å². The average Bonchev–Trinajstić information content (AvgIpc) is 2.92. The van der Waals surface area contributed by atoms with E-state index in [0.717, 1.165) is 29.7 Å². The molecule has 0 aliphatic rings. The number of hydrogen-bond acceptors (Lipinski definition) is 2. The van der Waals surface area contributed by atoms with Crippen molar-refractivity contribution in [3.63, 3.8) is 0 Å². The molecule has 1 atom stereocenters. The van der Waals surface area contributed by atoms with Gasteiger partial charge in [0.25, 0.3) is 0 Å². The van der Waals surface area contributed by atoms with Gasteiger partial charge in [0, 0.05) is 29.3 Å². The number of aryl methyl sites for hydroxylation is 1. The molecule has 0 aliphatic carbocycles. The standard InChI is InChI=1S/C16H22BrN3/c1-4-8-18-12(3)14-7-6-13(17)11-15(14)20-10-9-19-16(20)5-2/h6-7,9-12,18H,4-5,8H2,1-3H3. The van der Waals surface area contributed by atoms with Crippen LogP contribution in [0, 0.1) is 0 Å². The molecule has 108 valence electrons.